The van der Waals surface area contributed by atoms with Crippen LogP contribution < -0.4 is 0 Å². The largest absolute Gasteiger partial charge is 0.463 e. The highest BCUT2D eigenvalue weighted by Crippen LogP contribution is 2.21. The summed E-state index contributed by atoms with van der Waals surface area (Å²) in [6.45, 7) is 14.2. The van der Waals surface area contributed by atoms with Gasteiger partial charge in [0.15, 0.2) is 0 Å². The van der Waals surface area contributed by atoms with Crippen molar-refractivity contribution in [1.82, 2.24) is 0 Å². The van der Waals surface area contributed by atoms with Gasteiger partial charge in [0.05, 0.1) is 12.3 Å². The number of carbonyl (C=O) groups is 4. The molecule has 0 aromatic carbocycles. The van der Waals surface area contributed by atoms with Gasteiger partial charge in [-0.1, -0.05) is 53.0 Å². The first-order chi connectivity index (χ1) is 17.0. The second-order valence-electron chi connectivity index (χ2n) is 9.22. The number of aliphatic hydroxyl groups is 1. The van der Waals surface area contributed by atoms with Crippen molar-refractivity contribution in [2.75, 3.05) is 26.4 Å². The zero-order chi connectivity index (χ0) is 27.5. The van der Waals surface area contributed by atoms with Gasteiger partial charge in [-0.15, -0.1) is 0 Å². The number of hydrogen-bond acceptors (Lipinski definition) is 9. The maximum Gasteiger partial charge on any atom is 0.330 e. The third-order valence-electron chi connectivity index (χ3n) is 5.04. The fraction of sp³-hybridized carbons (Fsp3) is 0.630. The molecule has 0 amide bonds. The highest BCUT2D eigenvalue weighted by atomic mass is 16.6. The van der Waals surface area contributed by atoms with Crippen molar-refractivity contribution in [3.8, 4) is 0 Å². The molecule has 204 valence electrons. The average molecular weight is 511 g/mol. The molecule has 0 bridgehead atoms. The van der Waals surface area contributed by atoms with Crippen LogP contribution in [0.2, 0.25) is 0 Å². The molecule has 0 aliphatic carbocycles. The van der Waals surface area contributed by atoms with Gasteiger partial charge < -0.3 is 24.1 Å². The molecule has 0 aromatic rings. The molecule has 9 heteroatoms. The summed E-state index contributed by atoms with van der Waals surface area (Å²) in [6.07, 6.45) is 6.74. The summed E-state index contributed by atoms with van der Waals surface area (Å²) >= 11 is 0. The van der Waals surface area contributed by atoms with Crippen LogP contribution >= 0.6 is 0 Å². The van der Waals surface area contributed by atoms with Gasteiger partial charge in [0, 0.05) is 12.2 Å². The highest BCUT2D eigenvalue weighted by Gasteiger charge is 2.24. The molecule has 0 aromatic heterocycles. The Labute approximate surface area is 214 Å². The van der Waals surface area contributed by atoms with Crippen LogP contribution in [0.25, 0.3) is 0 Å². The van der Waals surface area contributed by atoms with E-state index in [-0.39, 0.29) is 32.7 Å². The predicted octanol–water partition coefficient (Wildman–Crippen LogP) is 3.55. The van der Waals surface area contributed by atoms with Crippen LogP contribution in [-0.4, -0.2) is 61.5 Å². The Morgan fingerprint density at radius 2 is 1.42 bits per heavy atom. The van der Waals surface area contributed by atoms with Crippen molar-refractivity contribution in [2.24, 2.45) is 23.7 Å². The number of aliphatic hydroxyl groups excluding tert-OH is 1. The van der Waals surface area contributed by atoms with Gasteiger partial charge in [-0.3, -0.25) is 9.59 Å². The molecule has 0 saturated heterocycles. The second-order valence-corrected chi connectivity index (χ2v) is 9.22. The Balaban J connectivity index is 4.89. The quantitative estimate of drug-likeness (QED) is 0.0913. The van der Waals surface area contributed by atoms with Crippen molar-refractivity contribution in [3.05, 3.63) is 37.5 Å². The minimum Gasteiger partial charge on any atom is -0.463 e. The van der Waals surface area contributed by atoms with E-state index in [0.29, 0.717) is 17.8 Å². The lowest BCUT2D eigenvalue weighted by Crippen LogP contribution is -2.27. The van der Waals surface area contributed by atoms with Gasteiger partial charge in [-0.2, -0.15) is 0 Å². The minimum absolute atomic E-state index is 0.135. The fourth-order valence-corrected chi connectivity index (χ4v) is 3.55. The van der Waals surface area contributed by atoms with Crippen LogP contribution in [0.5, 0.6) is 0 Å². The lowest BCUT2D eigenvalue weighted by molar-refractivity contribution is -0.159. The first kappa shape index (κ1) is 33.1. The first-order valence-corrected chi connectivity index (χ1v) is 12.2. The van der Waals surface area contributed by atoms with Crippen LogP contribution in [0.15, 0.2) is 37.5 Å². The summed E-state index contributed by atoms with van der Waals surface area (Å²) in [7, 11) is 0. The molecule has 1 N–H and O–H groups in total. The monoisotopic (exact) mass is 510 g/mol. The number of rotatable bonds is 19. The molecule has 0 aliphatic rings. The zero-order valence-corrected chi connectivity index (χ0v) is 22.0. The standard InChI is InChI=1S/C27H42O9/c1-7-24(29)33-12-13-34-27(32)22(11-9-10-20(5)15-21(6)14-19(3)4)16-26(31)36-18-23(28)17-35-25(30)8-2/h7-10,19-23,28H,1-2,11-18H2,3-6H3. The van der Waals surface area contributed by atoms with E-state index >= 15 is 0 Å². The summed E-state index contributed by atoms with van der Waals surface area (Å²) < 4.78 is 19.6. The summed E-state index contributed by atoms with van der Waals surface area (Å²) in [4.78, 5) is 47.0. The van der Waals surface area contributed by atoms with Gasteiger partial charge in [0.25, 0.3) is 0 Å². The van der Waals surface area contributed by atoms with E-state index in [4.69, 9.17) is 14.2 Å². The van der Waals surface area contributed by atoms with Crippen molar-refractivity contribution >= 4 is 23.9 Å². The van der Waals surface area contributed by atoms with Crippen molar-refractivity contribution < 1.29 is 43.2 Å². The molecule has 0 spiro atoms. The van der Waals surface area contributed by atoms with Crippen LogP contribution in [0.3, 0.4) is 0 Å². The van der Waals surface area contributed by atoms with Gasteiger partial charge >= 0.3 is 23.9 Å². The molecular weight excluding hydrogens is 468 g/mol. The third kappa shape index (κ3) is 17.5. The SMILES string of the molecule is C=CC(=O)OCCOC(=O)C(CC=CC(C)CC(C)CC(C)C)CC(=O)OCC(O)COC(=O)C=C. The normalized spacial score (nSPS) is 14.4. The number of ether oxygens (including phenoxy) is 4. The van der Waals surface area contributed by atoms with Crippen molar-refractivity contribution in [1.29, 1.82) is 0 Å². The smallest absolute Gasteiger partial charge is 0.330 e. The molecule has 0 heterocycles. The number of hydrogen-bond donors (Lipinski definition) is 1. The van der Waals surface area contributed by atoms with Gasteiger partial charge in [0.2, 0.25) is 0 Å². The molecule has 0 radical (unpaired) electrons. The molecule has 36 heavy (non-hydrogen) atoms. The van der Waals surface area contributed by atoms with Crippen LogP contribution in [0.1, 0.15) is 53.4 Å². The Hall–Kier alpha value is -2.94. The zero-order valence-electron chi connectivity index (χ0n) is 22.0. The van der Waals surface area contributed by atoms with Gasteiger partial charge in [-0.25, -0.2) is 9.59 Å². The summed E-state index contributed by atoms with van der Waals surface area (Å²) in [6, 6.07) is 0. The van der Waals surface area contributed by atoms with E-state index in [1.165, 1.54) is 0 Å². The predicted molar refractivity (Wildman–Crippen MR) is 135 cm³/mol. The topological polar surface area (TPSA) is 125 Å². The van der Waals surface area contributed by atoms with Gasteiger partial charge in [-0.05, 0) is 37.0 Å². The van der Waals surface area contributed by atoms with E-state index in [1.807, 2.05) is 12.2 Å². The average Bonchev–Trinajstić information content (AvgIpc) is 2.82. The Bertz CT molecular complexity index is 742. The van der Waals surface area contributed by atoms with Crippen LogP contribution in [0, 0.1) is 23.7 Å². The Kier molecular flexibility index (Phi) is 17.7. The number of carbonyl (C=O) groups excluding carboxylic acids is 4. The Morgan fingerprint density at radius 3 is 2.03 bits per heavy atom. The maximum absolute atomic E-state index is 12.6. The lowest BCUT2D eigenvalue weighted by atomic mass is 9.89. The number of allylic oxidation sites excluding steroid dienone is 2. The summed E-state index contributed by atoms with van der Waals surface area (Å²) in [5.74, 6) is -2.01. The van der Waals surface area contributed by atoms with Crippen molar-refractivity contribution in [3.63, 3.8) is 0 Å². The molecule has 4 atom stereocenters. The van der Waals surface area contributed by atoms with E-state index in [1.54, 1.807) is 0 Å². The van der Waals surface area contributed by atoms with E-state index < -0.39 is 42.5 Å². The Morgan fingerprint density at radius 1 is 0.833 bits per heavy atom. The minimum atomic E-state index is -1.21. The second kappa shape index (κ2) is 19.3. The maximum atomic E-state index is 12.6. The van der Waals surface area contributed by atoms with E-state index in [9.17, 15) is 24.3 Å². The lowest BCUT2D eigenvalue weighted by Gasteiger charge is -2.17. The molecule has 0 aliphatic heterocycles. The molecule has 0 fully saturated rings. The van der Waals surface area contributed by atoms with E-state index in [2.05, 4.69) is 45.6 Å². The van der Waals surface area contributed by atoms with Gasteiger partial charge in [0.1, 0.15) is 32.5 Å². The third-order valence-corrected chi connectivity index (χ3v) is 5.04. The first-order valence-electron chi connectivity index (χ1n) is 12.2. The molecule has 0 rings (SSSR count). The fourth-order valence-electron chi connectivity index (χ4n) is 3.55. The molecule has 4 unspecified atom stereocenters. The molecule has 0 saturated carbocycles. The molecular formula is C27H42O9. The van der Waals surface area contributed by atoms with Crippen LogP contribution in [0.4, 0.5) is 0 Å². The van der Waals surface area contributed by atoms with Crippen LogP contribution in [-0.2, 0) is 38.1 Å². The summed E-state index contributed by atoms with van der Waals surface area (Å²) in [5.41, 5.74) is 0. The highest BCUT2D eigenvalue weighted by molar-refractivity contribution is 5.82. The number of esters is 4. The molecule has 9 nitrogen and oxygen atoms in total. The van der Waals surface area contributed by atoms with E-state index in [0.717, 1.165) is 25.0 Å². The summed E-state index contributed by atoms with van der Waals surface area (Å²) in [5, 5.41) is 9.78. The van der Waals surface area contributed by atoms with Crippen molar-refractivity contribution in [2.45, 2.75) is 59.5 Å².